The van der Waals surface area contributed by atoms with Crippen LogP contribution in [-0.2, 0) is 12.3 Å². The second-order valence-electron chi connectivity index (χ2n) is 5.32. The van der Waals surface area contributed by atoms with Crippen LogP contribution in [0.3, 0.4) is 0 Å². The van der Waals surface area contributed by atoms with Crippen LogP contribution in [0.2, 0.25) is 0 Å². The Kier molecular flexibility index (Phi) is 3.45. The molecule has 5 heteroatoms. The molecular formula is C16H17N3OS. The third-order valence-corrected chi connectivity index (χ3v) is 4.69. The molecule has 0 atom stereocenters. The number of imidazole rings is 1. The van der Waals surface area contributed by atoms with Crippen LogP contribution in [0.25, 0.3) is 5.65 Å². The Morgan fingerprint density at radius 1 is 1.29 bits per heavy atom. The van der Waals surface area contributed by atoms with Gasteiger partial charge in [-0.1, -0.05) is 17.8 Å². The van der Waals surface area contributed by atoms with Gasteiger partial charge in [0.05, 0.1) is 17.7 Å². The van der Waals surface area contributed by atoms with Crippen LogP contribution < -0.4 is 5.32 Å². The SMILES string of the molecule is c1coc(CSc2nc3ccccn3c2CNC2CC2)c1. The quantitative estimate of drug-likeness (QED) is 0.708. The molecule has 4 rings (SSSR count). The number of rotatable bonds is 6. The minimum absolute atomic E-state index is 0.696. The lowest BCUT2D eigenvalue weighted by atomic mass is 10.4. The Bertz CT molecular complexity index is 731. The maximum absolute atomic E-state index is 5.41. The van der Waals surface area contributed by atoms with E-state index in [0.29, 0.717) is 6.04 Å². The maximum atomic E-state index is 5.41. The molecule has 1 N–H and O–H groups in total. The zero-order valence-electron chi connectivity index (χ0n) is 11.7. The van der Waals surface area contributed by atoms with Gasteiger partial charge < -0.3 is 14.1 Å². The van der Waals surface area contributed by atoms with Gasteiger partial charge in [-0.05, 0) is 37.1 Å². The van der Waals surface area contributed by atoms with Crippen molar-refractivity contribution in [2.24, 2.45) is 0 Å². The number of furan rings is 1. The molecule has 21 heavy (non-hydrogen) atoms. The molecule has 0 saturated heterocycles. The number of nitrogens with one attached hydrogen (secondary N) is 1. The highest BCUT2D eigenvalue weighted by Crippen LogP contribution is 2.28. The first kappa shape index (κ1) is 13.0. The molecule has 3 aromatic rings. The van der Waals surface area contributed by atoms with E-state index in [9.17, 15) is 0 Å². The normalized spacial score (nSPS) is 14.9. The van der Waals surface area contributed by atoms with Crippen molar-refractivity contribution in [2.75, 3.05) is 0 Å². The first-order valence-corrected chi connectivity index (χ1v) is 8.23. The first-order valence-electron chi connectivity index (χ1n) is 7.25. The predicted octanol–water partition coefficient (Wildman–Crippen LogP) is 3.47. The molecule has 3 heterocycles. The average molecular weight is 299 g/mol. The highest BCUT2D eigenvalue weighted by Gasteiger charge is 2.22. The van der Waals surface area contributed by atoms with Gasteiger partial charge in [-0.25, -0.2) is 4.98 Å². The van der Waals surface area contributed by atoms with Gasteiger partial charge in [0.25, 0.3) is 0 Å². The lowest BCUT2D eigenvalue weighted by molar-refractivity contribution is 0.530. The van der Waals surface area contributed by atoms with E-state index in [1.807, 2.05) is 18.2 Å². The lowest BCUT2D eigenvalue weighted by Crippen LogP contribution is -2.17. The van der Waals surface area contributed by atoms with E-state index in [1.54, 1.807) is 18.0 Å². The highest BCUT2D eigenvalue weighted by atomic mass is 32.2. The van der Waals surface area contributed by atoms with Crippen molar-refractivity contribution in [3.8, 4) is 0 Å². The van der Waals surface area contributed by atoms with Gasteiger partial charge in [0.1, 0.15) is 16.4 Å². The minimum atomic E-state index is 0.696. The van der Waals surface area contributed by atoms with Crippen LogP contribution in [0.5, 0.6) is 0 Å². The van der Waals surface area contributed by atoms with Gasteiger partial charge in [-0.2, -0.15) is 0 Å². The van der Waals surface area contributed by atoms with Crippen molar-refractivity contribution in [2.45, 2.75) is 36.2 Å². The Hall–Kier alpha value is -1.72. The Balaban J connectivity index is 1.60. The molecule has 1 aliphatic carbocycles. The van der Waals surface area contributed by atoms with E-state index in [1.165, 1.54) is 18.5 Å². The van der Waals surface area contributed by atoms with Crippen molar-refractivity contribution in [1.82, 2.24) is 14.7 Å². The number of nitrogens with zero attached hydrogens (tertiary/aromatic N) is 2. The number of hydrogen-bond donors (Lipinski definition) is 1. The second-order valence-corrected chi connectivity index (χ2v) is 6.28. The fraction of sp³-hybridized carbons (Fsp3) is 0.312. The number of fused-ring (bicyclic) bond motifs is 1. The third kappa shape index (κ3) is 2.84. The van der Waals surface area contributed by atoms with E-state index >= 15 is 0 Å². The summed E-state index contributed by atoms with van der Waals surface area (Å²) in [5.41, 5.74) is 2.25. The molecule has 1 aliphatic rings. The third-order valence-electron chi connectivity index (χ3n) is 3.66. The van der Waals surface area contributed by atoms with Crippen LogP contribution in [-0.4, -0.2) is 15.4 Å². The summed E-state index contributed by atoms with van der Waals surface area (Å²) in [5, 5.41) is 4.68. The first-order chi connectivity index (χ1) is 10.4. The summed E-state index contributed by atoms with van der Waals surface area (Å²) in [7, 11) is 0. The molecular weight excluding hydrogens is 282 g/mol. The lowest BCUT2D eigenvalue weighted by Gasteiger charge is -2.05. The van der Waals surface area contributed by atoms with Gasteiger partial charge in [-0.15, -0.1) is 0 Å². The minimum Gasteiger partial charge on any atom is -0.468 e. The zero-order chi connectivity index (χ0) is 14.1. The number of aromatic nitrogens is 2. The Labute approximate surface area is 127 Å². The molecule has 108 valence electrons. The monoisotopic (exact) mass is 299 g/mol. The van der Waals surface area contributed by atoms with Gasteiger partial charge >= 0.3 is 0 Å². The average Bonchev–Trinajstić information content (AvgIpc) is 3.07. The van der Waals surface area contributed by atoms with Crippen LogP contribution >= 0.6 is 11.8 Å². The number of hydrogen-bond acceptors (Lipinski definition) is 4. The standard InChI is InChI=1S/C16H17N3OS/c1-2-8-19-14(10-17-12-6-7-12)16(18-15(19)5-1)21-11-13-4-3-9-20-13/h1-5,8-9,12,17H,6-7,10-11H2. The molecule has 4 nitrogen and oxygen atoms in total. The molecule has 1 fully saturated rings. The van der Waals surface area contributed by atoms with Crippen LogP contribution in [0.1, 0.15) is 24.3 Å². The van der Waals surface area contributed by atoms with Crippen LogP contribution in [0, 0.1) is 0 Å². The van der Waals surface area contributed by atoms with Crippen molar-refractivity contribution in [1.29, 1.82) is 0 Å². The zero-order valence-corrected chi connectivity index (χ0v) is 12.5. The van der Waals surface area contributed by atoms with Crippen LogP contribution in [0.4, 0.5) is 0 Å². The molecule has 0 unspecified atom stereocenters. The summed E-state index contributed by atoms with van der Waals surface area (Å²) >= 11 is 1.74. The topological polar surface area (TPSA) is 42.5 Å². The number of pyridine rings is 1. The summed E-state index contributed by atoms with van der Waals surface area (Å²) in [6.45, 7) is 0.871. The van der Waals surface area contributed by atoms with Crippen molar-refractivity contribution < 1.29 is 4.42 Å². The maximum Gasteiger partial charge on any atom is 0.138 e. The molecule has 1 saturated carbocycles. The molecule has 0 aliphatic heterocycles. The number of thioether (sulfide) groups is 1. The van der Waals surface area contributed by atoms with Crippen molar-refractivity contribution >= 4 is 17.4 Å². The van der Waals surface area contributed by atoms with E-state index < -0.39 is 0 Å². The van der Waals surface area contributed by atoms with Gasteiger partial charge in [-0.3, -0.25) is 0 Å². The molecule has 0 amide bonds. The molecule has 0 aromatic carbocycles. The van der Waals surface area contributed by atoms with Crippen molar-refractivity contribution in [3.63, 3.8) is 0 Å². The summed E-state index contributed by atoms with van der Waals surface area (Å²) in [6, 6.07) is 10.8. The molecule has 0 radical (unpaired) electrons. The predicted molar refractivity (Wildman–Crippen MR) is 83.3 cm³/mol. The molecule has 0 spiro atoms. The smallest absolute Gasteiger partial charge is 0.138 e. The summed E-state index contributed by atoms with van der Waals surface area (Å²) in [6.07, 6.45) is 6.40. The van der Waals surface area contributed by atoms with E-state index in [4.69, 9.17) is 9.40 Å². The van der Waals surface area contributed by atoms with Gasteiger partial charge in [0.15, 0.2) is 0 Å². The summed E-state index contributed by atoms with van der Waals surface area (Å²) in [5.74, 6) is 1.80. The van der Waals surface area contributed by atoms with Crippen LogP contribution in [0.15, 0.2) is 52.2 Å². The highest BCUT2D eigenvalue weighted by molar-refractivity contribution is 7.98. The summed E-state index contributed by atoms with van der Waals surface area (Å²) < 4.78 is 7.59. The van der Waals surface area contributed by atoms with E-state index in [0.717, 1.165) is 28.7 Å². The second kappa shape index (κ2) is 5.58. The van der Waals surface area contributed by atoms with E-state index in [-0.39, 0.29) is 0 Å². The summed E-state index contributed by atoms with van der Waals surface area (Å²) in [4.78, 5) is 4.75. The van der Waals surface area contributed by atoms with Crippen molar-refractivity contribution in [3.05, 3.63) is 54.2 Å². The van der Waals surface area contributed by atoms with Gasteiger partial charge in [0.2, 0.25) is 0 Å². The van der Waals surface area contributed by atoms with E-state index in [2.05, 4.69) is 28.0 Å². The Morgan fingerprint density at radius 3 is 3.05 bits per heavy atom. The fourth-order valence-corrected chi connectivity index (χ4v) is 3.30. The fourth-order valence-electron chi connectivity index (χ4n) is 2.36. The molecule has 3 aromatic heterocycles. The largest absolute Gasteiger partial charge is 0.468 e. The molecule has 0 bridgehead atoms. The Morgan fingerprint density at radius 2 is 2.24 bits per heavy atom. The van der Waals surface area contributed by atoms with Gasteiger partial charge in [0, 0.05) is 18.8 Å².